The van der Waals surface area contributed by atoms with Gasteiger partial charge >= 0.3 is 0 Å². The molecule has 0 aromatic heterocycles. The van der Waals surface area contributed by atoms with E-state index in [4.69, 9.17) is 4.74 Å². The summed E-state index contributed by atoms with van der Waals surface area (Å²) in [7, 11) is 1.61. The third kappa shape index (κ3) is 2.47. The highest BCUT2D eigenvalue weighted by molar-refractivity contribution is 9.10. The SMILES string of the molecule is COc1c(C2CCCNC2)cc(Br)c(F)c1C. The molecule has 2 rings (SSSR count). The van der Waals surface area contributed by atoms with Gasteiger partial charge in [-0.15, -0.1) is 0 Å². The molecule has 1 N–H and O–H groups in total. The first-order valence-electron chi connectivity index (χ1n) is 5.88. The Morgan fingerprint density at radius 3 is 2.88 bits per heavy atom. The molecule has 1 fully saturated rings. The van der Waals surface area contributed by atoms with E-state index < -0.39 is 0 Å². The number of nitrogens with one attached hydrogen (secondary N) is 1. The number of methoxy groups -OCH3 is 1. The Labute approximate surface area is 110 Å². The molecule has 1 aromatic carbocycles. The maximum absolute atomic E-state index is 13.8. The van der Waals surface area contributed by atoms with Gasteiger partial charge in [-0.3, -0.25) is 0 Å². The number of hydrogen-bond donors (Lipinski definition) is 1. The Hall–Kier alpha value is -0.610. The number of halogens is 2. The lowest BCUT2D eigenvalue weighted by Gasteiger charge is -2.26. The lowest BCUT2D eigenvalue weighted by atomic mass is 9.89. The first-order valence-corrected chi connectivity index (χ1v) is 6.67. The van der Waals surface area contributed by atoms with Crippen molar-refractivity contribution in [2.45, 2.75) is 25.7 Å². The van der Waals surface area contributed by atoms with Gasteiger partial charge in [0.15, 0.2) is 0 Å². The van der Waals surface area contributed by atoms with E-state index in [0.29, 0.717) is 21.7 Å². The summed E-state index contributed by atoms with van der Waals surface area (Å²) < 4.78 is 19.7. The van der Waals surface area contributed by atoms with E-state index in [0.717, 1.165) is 31.5 Å². The highest BCUT2D eigenvalue weighted by atomic mass is 79.9. The highest BCUT2D eigenvalue weighted by Gasteiger charge is 2.22. The summed E-state index contributed by atoms with van der Waals surface area (Å²) in [4.78, 5) is 0. The molecule has 0 radical (unpaired) electrons. The summed E-state index contributed by atoms with van der Waals surface area (Å²) in [6, 6.07) is 1.86. The quantitative estimate of drug-likeness (QED) is 0.904. The molecular weight excluding hydrogens is 285 g/mol. The van der Waals surface area contributed by atoms with Gasteiger partial charge in [-0.05, 0) is 48.3 Å². The lowest BCUT2D eigenvalue weighted by molar-refractivity contribution is 0.385. The molecule has 0 saturated carbocycles. The number of rotatable bonds is 2. The molecular formula is C13H17BrFNO. The van der Waals surface area contributed by atoms with Crippen LogP contribution in [0.4, 0.5) is 4.39 Å². The Kier molecular flexibility index (Phi) is 4.05. The monoisotopic (exact) mass is 301 g/mol. The van der Waals surface area contributed by atoms with Gasteiger partial charge in [0.2, 0.25) is 0 Å². The van der Waals surface area contributed by atoms with Crippen molar-refractivity contribution in [3.63, 3.8) is 0 Å². The largest absolute Gasteiger partial charge is 0.496 e. The zero-order valence-electron chi connectivity index (χ0n) is 10.1. The minimum atomic E-state index is -0.227. The van der Waals surface area contributed by atoms with E-state index in [2.05, 4.69) is 21.2 Å². The summed E-state index contributed by atoms with van der Waals surface area (Å²) in [5.41, 5.74) is 1.69. The van der Waals surface area contributed by atoms with Gasteiger partial charge in [-0.1, -0.05) is 0 Å². The Morgan fingerprint density at radius 2 is 2.29 bits per heavy atom. The van der Waals surface area contributed by atoms with Gasteiger partial charge in [0.25, 0.3) is 0 Å². The third-order valence-corrected chi connectivity index (χ3v) is 3.94. The van der Waals surface area contributed by atoms with Crippen molar-refractivity contribution in [3.8, 4) is 5.75 Å². The molecule has 0 bridgehead atoms. The standard InChI is InChI=1S/C13H17BrFNO/c1-8-12(15)11(14)6-10(13(8)17-2)9-4-3-5-16-7-9/h6,9,16H,3-5,7H2,1-2H3. The van der Waals surface area contributed by atoms with Gasteiger partial charge in [-0.2, -0.15) is 0 Å². The lowest BCUT2D eigenvalue weighted by Crippen LogP contribution is -2.28. The van der Waals surface area contributed by atoms with Gasteiger partial charge in [0.05, 0.1) is 11.6 Å². The summed E-state index contributed by atoms with van der Waals surface area (Å²) in [6.45, 7) is 3.77. The molecule has 1 saturated heterocycles. The number of ether oxygens (including phenoxy) is 1. The van der Waals surface area contributed by atoms with Crippen molar-refractivity contribution in [3.05, 3.63) is 27.5 Å². The van der Waals surface area contributed by atoms with Crippen molar-refractivity contribution >= 4 is 15.9 Å². The summed E-state index contributed by atoms with van der Waals surface area (Å²) in [5.74, 6) is 0.878. The second-order valence-corrected chi connectivity index (χ2v) is 5.32. The molecule has 1 aromatic rings. The number of benzene rings is 1. The molecule has 1 unspecified atom stereocenters. The maximum Gasteiger partial charge on any atom is 0.143 e. The maximum atomic E-state index is 13.8. The van der Waals surface area contributed by atoms with Crippen LogP contribution in [-0.2, 0) is 0 Å². The van der Waals surface area contributed by atoms with Crippen molar-refractivity contribution < 1.29 is 9.13 Å². The van der Waals surface area contributed by atoms with Gasteiger partial charge < -0.3 is 10.1 Å². The summed E-state index contributed by atoms with van der Waals surface area (Å²) in [6.07, 6.45) is 2.28. The molecule has 2 nitrogen and oxygen atoms in total. The average Bonchev–Trinajstić information content (AvgIpc) is 2.36. The number of hydrogen-bond acceptors (Lipinski definition) is 2. The van der Waals surface area contributed by atoms with Gasteiger partial charge in [0.1, 0.15) is 11.6 Å². The first-order chi connectivity index (χ1) is 8.15. The van der Waals surface area contributed by atoms with E-state index >= 15 is 0 Å². The van der Waals surface area contributed by atoms with Gasteiger partial charge in [0, 0.05) is 23.6 Å². The van der Waals surface area contributed by atoms with Gasteiger partial charge in [-0.25, -0.2) is 4.39 Å². The van der Waals surface area contributed by atoms with Crippen LogP contribution in [-0.4, -0.2) is 20.2 Å². The van der Waals surface area contributed by atoms with Crippen molar-refractivity contribution in [2.75, 3.05) is 20.2 Å². The molecule has 0 amide bonds. The van der Waals surface area contributed by atoms with E-state index in [1.807, 2.05) is 6.07 Å². The smallest absolute Gasteiger partial charge is 0.143 e. The van der Waals surface area contributed by atoms with Crippen molar-refractivity contribution in [1.29, 1.82) is 0 Å². The van der Waals surface area contributed by atoms with Crippen molar-refractivity contribution in [2.24, 2.45) is 0 Å². The second-order valence-electron chi connectivity index (χ2n) is 4.46. The molecule has 0 spiro atoms. The fourth-order valence-corrected chi connectivity index (χ4v) is 3.00. The van der Waals surface area contributed by atoms with Crippen LogP contribution in [0.15, 0.2) is 10.5 Å². The predicted octanol–water partition coefficient (Wildman–Crippen LogP) is 3.37. The minimum absolute atomic E-state index is 0.227. The van der Waals surface area contributed by atoms with E-state index in [1.54, 1.807) is 14.0 Å². The number of piperidine rings is 1. The topological polar surface area (TPSA) is 21.3 Å². The summed E-state index contributed by atoms with van der Waals surface area (Å²) in [5, 5.41) is 3.37. The Balaban J connectivity index is 2.44. The van der Waals surface area contributed by atoms with Crippen LogP contribution in [0.1, 0.15) is 29.9 Å². The van der Waals surface area contributed by atoms with Crippen LogP contribution in [0.2, 0.25) is 0 Å². The zero-order chi connectivity index (χ0) is 12.4. The highest BCUT2D eigenvalue weighted by Crippen LogP contribution is 2.37. The molecule has 0 aliphatic carbocycles. The fraction of sp³-hybridized carbons (Fsp3) is 0.538. The first kappa shape index (κ1) is 12.8. The van der Waals surface area contributed by atoms with Crippen molar-refractivity contribution in [1.82, 2.24) is 5.32 Å². The molecule has 94 valence electrons. The van der Waals surface area contributed by atoms with Crippen LogP contribution < -0.4 is 10.1 Å². The average molecular weight is 302 g/mol. The predicted molar refractivity (Wildman–Crippen MR) is 70.2 cm³/mol. The molecule has 1 aliphatic heterocycles. The zero-order valence-corrected chi connectivity index (χ0v) is 11.7. The Bertz CT molecular complexity index is 416. The molecule has 4 heteroatoms. The normalized spacial score (nSPS) is 20.4. The van der Waals surface area contributed by atoms with Crippen LogP contribution in [0.5, 0.6) is 5.75 Å². The fourth-order valence-electron chi connectivity index (χ4n) is 2.45. The summed E-state index contributed by atoms with van der Waals surface area (Å²) >= 11 is 3.28. The third-order valence-electron chi connectivity index (χ3n) is 3.36. The molecule has 1 atom stereocenters. The second kappa shape index (κ2) is 5.36. The van der Waals surface area contributed by atoms with Crippen LogP contribution in [0.3, 0.4) is 0 Å². The van der Waals surface area contributed by atoms with Crippen LogP contribution in [0.25, 0.3) is 0 Å². The Morgan fingerprint density at radius 1 is 1.53 bits per heavy atom. The van der Waals surface area contributed by atoms with E-state index in [1.165, 1.54) is 0 Å². The molecule has 1 aliphatic rings. The van der Waals surface area contributed by atoms with Crippen LogP contribution in [0, 0.1) is 12.7 Å². The molecule has 17 heavy (non-hydrogen) atoms. The van der Waals surface area contributed by atoms with Crippen LogP contribution >= 0.6 is 15.9 Å². The van der Waals surface area contributed by atoms with E-state index in [-0.39, 0.29) is 5.82 Å². The molecule has 1 heterocycles. The minimum Gasteiger partial charge on any atom is -0.496 e. The van der Waals surface area contributed by atoms with E-state index in [9.17, 15) is 4.39 Å².